The third-order valence-electron chi connectivity index (χ3n) is 4.41. The van der Waals surface area contributed by atoms with Gasteiger partial charge in [0.15, 0.2) is 12.4 Å². The van der Waals surface area contributed by atoms with Crippen molar-refractivity contribution in [2.45, 2.75) is 34.1 Å². The normalized spacial score (nSPS) is 10.2. The number of aryl methyl sites for hydroxylation is 2. The van der Waals surface area contributed by atoms with E-state index in [0.717, 1.165) is 5.56 Å². The number of Topliss-reactive ketones (excluding diaryl/α,β-unsaturated/α-hetero) is 1. The Labute approximate surface area is 163 Å². The van der Waals surface area contributed by atoms with Gasteiger partial charge in [0.25, 0.3) is 5.91 Å². The Bertz CT molecular complexity index is 936. The largest absolute Gasteiger partial charge is 0.451 e. The topological polar surface area (TPSA) is 103 Å². The van der Waals surface area contributed by atoms with Gasteiger partial charge in [0, 0.05) is 23.5 Å². The molecule has 7 nitrogen and oxygen atoms in total. The van der Waals surface area contributed by atoms with Crippen molar-refractivity contribution in [3.8, 4) is 6.07 Å². The summed E-state index contributed by atoms with van der Waals surface area (Å²) in [5, 5.41) is 8.85. The fraction of sp³-hybridized carbons (Fsp3) is 0.333. The quantitative estimate of drug-likeness (QED) is 0.586. The summed E-state index contributed by atoms with van der Waals surface area (Å²) in [6, 6.07) is 9.30. The van der Waals surface area contributed by atoms with Crippen molar-refractivity contribution in [2.75, 3.05) is 18.1 Å². The van der Waals surface area contributed by atoms with Crippen LogP contribution in [0.1, 0.15) is 51.0 Å². The minimum Gasteiger partial charge on any atom is -0.451 e. The molecule has 7 heteroatoms. The molecule has 0 unspecified atom stereocenters. The molecule has 1 amide bonds. The minimum absolute atomic E-state index is 0.150. The molecule has 1 aromatic heterocycles. The molecule has 0 radical (unpaired) electrons. The molecular weight excluding hydrogens is 358 g/mol. The van der Waals surface area contributed by atoms with E-state index in [-0.39, 0.29) is 24.4 Å². The molecular formula is C21H23N3O4. The fourth-order valence-corrected chi connectivity index (χ4v) is 3.04. The number of amides is 1. The van der Waals surface area contributed by atoms with Gasteiger partial charge in [-0.05, 0) is 45.4 Å². The maximum absolute atomic E-state index is 12.6. The summed E-state index contributed by atoms with van der Waals surface area (Å²) in [6.07, 6.45) is 0.157. The molecule has 1 aromatic carbocycles. The first kappa shape index (κ1) is 20.9. The van der Waals surface area contributed by atoms with Gasteiger partial charge in [-0.1, -0.05) is 17.7 Å². The SMILES string of the molecule is CC(=O)c1c(C)[nH]c(C(=O)OCC(=O)N(CCC#N)c2ccc(C)cc2)c1C. The number of nitrogens with zero attached hydrogens (tertiary/aromatic N) is 2. The predicted octanol–water partition coefficient (Wildman–Crippen LogP) is 3.25. The third kappa shape index (κ3) is 4.65. The zero-order valence-corrected chi connectivity index (χ0v) is 16.5. The van der Waals surface area contributed by atoms with Crippen molar-refractivity contribution in [2.24, 2.45) is 0 Å². The average Bonchev–Trinajstić information content (AvgIpc) is 2.95. The van der Waals surface area contributed by atoms with Crippen LogP contribution in [0.5, 0.6) is 0 Å². The van der Waals surface area contributed by atoms with Crippen LogP contribution in [-0.2, 0) is 9.53 Å². The number of carbonyl (C=O) groups excluding carboxylic acids is 3. The van der Waals surface area contributed by atoms with Gasteiger partial charge in [-0.15, -0.1) is 0 Å². The van der Waals surface area contributed by atoms with E-state index in [4.69, 9.17) is 10.00 Å². The highest BCUT2D eigenvalue weighted by Crippen LogP contribution is 2.20. The number of ether oxygens (including phenoxy) is 1. The summed E-state index contributed by atoms with van der Waals surface area (Å²) in [6.45, 7) is 6.45. The van der Waals surface area contributed by atoms with E-state index < -0.39 is 18.5 Å². The van der Waals surface area contributed by atoms with Crippen LogP contribution in [0.2, 0.25) is 0 Å². The Hall–Kier alpha value is -3.40. The Morgan fingerprint density at radius 2 is 1.79 bits per heavy atom. The molecule has 2 rings (SSSR count). The van der Waals surface area contributed by atoms with Crippen LogP contribution < -0.4 is 4.90 Å². The number of aromatic amines is 1. The molecule has 1 heterocycles. The summed E-state index contributed by atoms with van der Waals surface area (Å²) in [4.78, 5) is 41.0. The first-order valence-electron chi connectivity index (χ1n) is 8.87. The number of esters is 1. The van der Waals surface area contributed by atoms with Crippen molar-refractivity contribution in [3.63, 3.8) is 0 Å². The summed E-state index contributed by atoms with van der Waals surface area (Å²) < 4.78 is 5.17. The van der Waals surface area contributed by atoms with Crippen molar-refractivity contribution >= 4 is 23.3 Å². The predicted molar refractivity (Wildman–Crippen MR) is 104 cm³/mol. The number of benzene rings is 1. The lowest BCUT2D eigenvalue weighted by Crippen LogP contribution is -2.35. The highest BCUT2D eigenvalue weighted by atomic mass is 16.5. The van der Waals surface area contributed by atoms with Gasteiger partial charge >= 0.3 is 5.97 Å². The Balaban J connectivity index is 2.13. The van der Waals surface area contributed by atoms with Crippen LogP contribution in [-0.4, -0.2) is 35.8 Å². The molecule has 0 spiro atoms. The van der Waals surface area contributed by atoms with Crippen LogP contribution in [0.3, 0.4) is 0 Å². The van der Waals surface area contributed by atoms with Gasteiger partial charge in [-0.2, -0.15) is 5.26 Å². The number of anilines is 1. The van der Waals surface area contributed by atoms with Crippen molar-refractivity contribution in [1.82, 2.24) is 4.98 Å². The number of hydrogen-bond donors (Lipinski definition) is 1. The molecule has 0 atom stereocenters. The van der Waals surface area contributed by atoms with Crippen molar-refractivity contribution in [3.05, 3.63) is 52.3 Å². The molecule has 0 saturated carbocycles. The number of nitriles is 1. The van der Waals surface area contributed by atoms with Gasteiger partial charge in [-0.25, -0.2) is 4.79 Å². The molecule has 0 bridgehead atoms. The number of H-pyrrole nitrogens is 1. The molecule has 0 aliphatic carbocycles. The second kappa shape index (κ2) is 9.00. The monoisotopic (exact) mass is 381 g/mol. The smallest absolute Gasteiger partial charge is 0.355 e. The third-order valence-corrected chi connectivity index (χ3v) is 4.41. The van der Waals surface area contributed by atoms with Gasteiger partial charge in [-0.3, -0.25) is 9.59 Å². The summed E-state index contributed by atoms with van der Waals surface area (Å²) in [7, 11) is 0. The first-order valence-corrected chi connectivity index (χ1v) is 8.87. The second-order valence-electron chi connectivity index (χ2n) is 6.55. The number of rotatable bonds is 7. The molecule has 146 valence electrons. The minimum atomic E-state index is -0.703. The van der Waals surface area contributed by atoms with Gasteiger partial charge in [0.05, 0.1) is 12.5 Å². The van der Waals surface area contributed by atoms with Crippen LogP contribution in [0.25, 0.3) is 0 Å². The lowest BCUT2D eigenvalue weighted by Gasteiger charge is -2.21. The molecule has 0 fully saturated rings. The highest BCUT2D eigenvalue weighted by molar-refractivity contribution is 6.02. The molecule has 2 aromatic rings. The molecule has 0 aliphatic rings. The number of nitrogens with one attached hydrogen (secondary N) is 1. The summed E-state index contributed by atoms with van der Waals surface area (Å²) in [5.41, 5.74) is 3.37. The number of hydrogen-bond acceptors (Lipinski definition) is 5. The number of ketones is 1. The maximum Gasteiger partial charge on any atom is 0.355 e. The van der Waals surface area contributed by atoms with Gasteiger partial charge in [0.1, 0.15) is 5.69 Å². The van der Waals surface area contributed by atoms with E-state index in [0.29, 0.717) is 22.5 Å². The second-order valence-corrected chi connectivity index (χ2v) is 6.55. The van der Waals surface area contributed by atoms with E-state index in [9.17, 15) is 14.4 Å². The van der Waals surface area contributed by atoms with E-state index >= 15 is 0 Å². The highest BCUT2D eigenvalue weighted by Gasteiger charge is 2.23. The van der Waals surface area contributed by atoms with Crippen LogP contribution in [0, 0.1) is 32.1 Å². The van der Waals surface area contributed by atoms with Gasteiger partial charge in [0.2, 0.25) is 0 Å². The zero-order valence-electron chi connectivity index (χ0n) is 16.5. The van der Waals surface area contributed by atoms with Crippen LogP contribution in [0.4, 0.5) is 5.69 Å². The standard InChI is InChI=1S/C21H23N3O4/c1-13-6-8-17(9-7-13)24(11-5-10-22)18(26)12-28-21(27)20-14(2)19(16(4)25)15(3)23-20/h6-9,23H,5,11-12H2,1-4H3. The Morgan fingerprint density at radius 1 is 1.14 bits per heavy atom. The van der Waals surface area contributed by atoms with E-state index in [1.54, 1.807) is 26.0 Å². The number of aromatic nitrogens is 1. The Morgan fingerprint density at radius 3 is 2.32 bits per heavy atom. The van der Waals surface area contributed by atoms with E-state index in [1.807, 2.05) is 25.1 Å². The fourth-order valence-electron chi connectivity index (χ4n) is 3.04. The summed E-state index contributed by atoms with van der Waals surface area (Å²) in [5.74, 6) is -1.28. The van der Waals surface area contributed by atoms with Crippen molar-refractivity contribution < 1.29 is 19.1 Å². The molecule has 0 aliphatic heterocycles. The first-order chi connectivity index (χ1) is 13.3. The molecule has 0 saturated heterocycles. The van der Waals surface area contributed by atoms with E-state index in [1.165, 1.54) is 11.8 Å². The zero-order chi connectivity index (χ0) is 20.8. The maximum atomic E-state index is 12.6. The Kier molecular flexibility index (Phi) is 6.72. The number of carbonyl (C=O) groups is 3. The van der Waals surface area contributed by atoms with Crippen molar-refractivity contribution in [1.29, 1.82) is 5.26 Å². The molecule has 1 N–H and O–H groups in total. The van der Waals surface area contributed by atoms with Crippen LogP contribution >= 0.6 is 0 Å². The lowest BCUT2D eigenvalue weighted by atomic mass is 10.1. The van der Waals surface area contributed by atoms with Gasteiger partial charge < -0.3 is 14.6 Å². The van der Waals surface area contributed by atoms with E-state index in [2.05, 4.69) is 4.98 Å². The summed E-state index contributed by atoms with van der Waals surface area (Å²) >= 11 is 0. The molecule has 28 heavy (non-hydrogen) atoms. The lowest BCUT2D eigenvalue weighted by molar-refractivity contribution is -0.121. The van der Waals surface area contributed by atoms with Crippen LogP contribution in [0.15, 0.2) is 24.3 Å². The average molecular weight is 381 g/mol.